The molecular formula is C12H14F3NO3. The maximum Gasteiger partial charge on any atom is 0.389 e. The molecule has 0 atom stereocenters. The smallest absolute Gasteiger partial charge is 0.389 e. The van der Waals surface area contributed by atoms with Crippen molar-refractivity contribution in [2.75, 3.05) is 6.61 Å². The molecule has 0 bridgehead atoms. The van der Waals surface area contributed by atoms with Gasteiger partial charge in [0.05, 0.1) is 12.3 Å². The Bertz CT molecular complexity index is 472. The molecule has 1 aromatic rings. The van der Waals surface area contributed by atoms with Crippen LogP contribution in [0.3, 0.4) is 0 Å². The van der Waals surface area contributed by atoms with Crippen LogP contribution in [0.5, 0.6) is 5.75 Å². The number of aryl methyl sites for hydroxylation is 2. The lowest BCUT2D eigenvalue weighted by molar-refractivity contribution is -0.136. The van der Waals surface area contributed by atoms with Crippen LogP contribution in [-0.2, 0) is 0 Å². The highest BCUT2D eigenvalue weighted by atomic mass is 19.4. The van der Waals surface area contributed by atoms with E-state index in [1.807, 2.05) is 0 Å². The summed E-state index contributed by atoms with van der Waals surface area (Å²) in [5.41, 5.74) is 0.712. The fraction of sp³-hybridized carbons (Fsp3) is 0.500. The standard InChI is InChI=1S/C12H14F3NO3/c1-7-6-9(10(11(17)18)8(2)16-7)19-5-3-4-12(13,14)15/h6H,3-5H2,1-2H3,(H,17,18). The van der Waals surface area contributed by atoms with Crippen molar-refractivity contribution in [3.05, 3.63) is 23.0 Å². The van der Waals surface area contributed by atoms with Gasteiger partial charge in [-0.3, -0.25) is 4.98 Å². The van der Waals surface area contributed by atoms with E-state index < -0.39 is 18.6 Å². The molecule has 1 N–H and O–H groups in total. The van der Waals surface area contributed by atoms with Crippen molar-refractivity contribution in [3.63, 3.8) is 0 Å². The van der Waals surface area contributed by atoms with Crippen LogP contribution in [0, 0.1) is 13.8 Å². The lowest BCUT2D eigenvalue weighted by atomic mass is 10.1. The van der Waals surface area contributed by atoms with Gasteiger partial charge in [0.2, 0.25) is 0 Å². The number of carboxylic acids is 1. The summed E-state index contributed by atoms with van der Waals surface area (Å²) in [5, 5.41) is 9.02. The van der Waals surface area contributed by atoms with Crippen LogP contribution >= 0.6 is 0 Å². The number of nitrogens with zero attached hydrogens (tertiary/aromatic N) is 1. The molecule has 0 spiro atoms. The number of rotatable bonds is 5. The van der Waals surface area contributed by atoms with E-state index in [1.165, 1.54) is 13.0 Å². The summed E-state index contributed by atoms with van der Waals surface area (Å²) in [5.74, 6) is -1.16. The van der Waals surface area contributed by atoms with Gasteiger partial charge in [0, 0.05) is 18.2 Å². The van der Waals surface area contributed by atoms with Crippen molar-refractivity contribution in [3.8, 4) is 5.75 Å². The molecule has 0 aliphatic heterocycles. The predicted molar refractivity (Wildman–Crippen MR) is 61.5 cm³/mol. The predicted octanol–water partition coefficient (Wildman–Crippen LogP) is 3.12. The zero-order chi connectivity index (χ0) is 14.6. The monoisotopic (exact) mass is 277 g/mol. The third kappa shape index (κ3) is 4.76. The number of aromatic carboxylic acids is 1. The Labute approximate surface area is 108 Å². The number of alkyl halides is 3. The molecule has 4 nitrogen and oxygen atoms in total. The molecule has 1 aromatic heterocycles. The van der Waals surface area contributed by atoms with Crippen molar-refractivity contribution in [1.82, 2.24) is 4.98 Å². The second-order valence-electron chi connectivity index (χ2n) is 4.09. The van der Waals surface area contributed by atoms with Crippen LogP contribution in [0.25, 0.3) is 0 Å². The van der Waals surface area contributed by atoms with Crippen LogP contribution in [0.1, 0.15) is 34.6 Å². The van der Waals surface area contributed by atoms with Gasteiger partial charge < -0.3 is 9.84 Å². The molecule has 0 aliphatic rings. The summed E-state index contributed by atoms with van der Waals surface area (Å²) < 4.78 is 41.0. The highest BCUT2D eigenvalue weighted by Crippen LogP contribution is 2.24. The van der Waals surface area contributed by atoms with Gasteiger partial charge in [-0.05, 0) is 20.3 Å². The second-order valence-corrected chi connectivity index (χ2v) is 4.09. The molecule has 0 unspecified atom stereocenters. The van der Waals surface area contributed by atoms with Gasteiger partial charge in [-0.25, -0.2) is 4.79 Å². The summed E-state index contributed by atoms with van der Waals surface area (Å²) in [6.07, 6.45) is -5.41. The quantitative estimate of drug-likeness (QED) is 0.840. The first-order valence-electron chi connectivity index (χ1n) is 5.62. The molecule has 0 fully saturated rings. The van der Waals surface area contributed by atoms with Gasteiger partial charge in [0.15, 0.2) is 0 Å². The molecule has 19 heavy (non-hydrogen) atoms. The Kier molecular flexibility index (Phi) is 4.74. The first kappa shape index (κ1) is 15.3. The van der Waals surface area contributed by atoms with Crippen LogP contribution in [0.4, 0.5) is 13.2 Å². The van der Waals surface area contributed by atoms with Crippen LogP contribution in [0.15, 0.2) is 6.07 Å². The fourth-order valence-electron chi connectivity index (χ4n) is 1.62. The van der Waals surface area contributed by atoms with Crippen molar-refractivity contribution >= 4 is 5.97 Å². The zero-order valence-corrected chi connectivity index (χ0v) is 10.5. The normalized spacial score (nSPS) is 11.4. The Balaban J connectivity index is 2.75. The SMILES string of the molecule is Cc1cc(OCCCC(F)(F)F)c(C(=O)O)c(C)n1. The number of aromatic nitrogens is 1. The minimum atomic E-state index is -4.23. The third-order valence-corrected chi connectivity index (χ3v) is 2.37. The van der Waals surface area contributed by atoms with Gasteiger partial charge in [0.25, 0.3) is 0 Å². The molecule has 0 aromatic carbocycles. The minimum absolute atomic E-state index is 0.0553. The van der Waals surface area contributed by atoms with Crippen molar-refractivity contribution in [1.29, 1.82) is 0 Å². The summed E-state index contributed by atoms with van der Waals surface area (Å²) in [7, 11) is 0. The molecule has 0 saturated carbocycles. The fourth-order valence-corrected chi connectivity index (χ4v) is 1.62. The van der Waals surface area contributed by atoms with Crippen molar-refractivity contribution in [2.45, 2.75) is 32.9 Å². The Morgan fingerprint density at radius 2 is 2.05 bits per heavy atom. The molecule has 106 valence electrons. The molecule has 0 radical (unpaired) electrons. The molecule has 7 heteroatoms. The summed E-state index contributed by atoms with van der Waals surface area (Å²) in [6.45, 7) is 2.98. The van der Waals surface area contributed by atoms with E-state index in [0.29, 0.717) is 5.69 Å². The Morgan fingerprint density at radius 3 is 2.58 bits per heavy atom. The molecule has 1 heterocycles. The van der Waals surface area contributed by atoms with E-state index in [9.17, 15) is 18.0 Å². The lowest BCUT2D eigenvalue weighted by Gasteiger charge is -2.12. The zero-order valence-electron chi connectivity index (χ0n) is 10.5. The highest BCUT2D eigenvalue weighted by Gasteiger charge is 2.26. The summed E-state index contributed by atoms with van der Waals surface area (Å²) >= 11 is 0. The van der Waals surface area contributed by atoms with Gasteiger partial charge in [-0.2, -0.15) is 13.2 Å². The Morgan fingerprint density at radius 1 is 1.42 bits per heavy atom. The largest absolute Gasteiger partial charge is 0.493 e. The maximum absolute atomic E-state index is 12.0. The molecular weight excluding hydrogens is 263 g/mol. The number of carboxylic acid groups (broad SMARTS) is 1. The average molecular weight is 277 g/mol. The average Bonchev–Trinajstić information content (AvgIpc) is 2.21. The maximum atomic E-state index is 12.0. The topological polar surface area (TPSA) is 59.4 Å². The first-order chi connectivity index (χ1) is 8.70. The van der Waals surface area contributed by atoms with E-state index in [2.05, 4.69) is 4.98 Å². The van der Waals surface area contributed by atoms with Crippen molar-refractivity contribution in [2.24, 2.45) is 0 Å². The number of hydrogen-bond acceptors (Lipinski definition) is 3. The summed E-state index contributed by atoms with van der Waals surface area (Å²) in [6, 6.07) is 1.41. The molecule has 0 aliphatic carbocycles. The van der Waals surface area contributed by atoms with E-state index >= 15 is 0 Å². The summed E-state index contributed by atoms with van der Waals surface area (Å²) in [4.78, 5) is 15.0. The molecule has 1 rings (SSSR count). The number of ether oxygens (including phenoxy) is 1. The lowest BCUT2D eigenvalue weighted by Crippen LogP contribution is -2.12. The molecule has 0 saturated heterocycles. The first-order valence-corrected chi connectivity index (χ1v) is 5.62. The Hall–Kier alpha value is -1.79. The van der Waals surface area contributed by atoms with E-state index in [1.54, 1.807) is 6.92 Å². The third-order valence-electron chi connectivity index (χ3n) is 2.37. The van der Waals surface area contributed by atoms with Crippen LogP contribution < -0.4 is 4.74 Å². The van der Waals surface area contributed by atoms with E-state index in [4.69, 9.17) is 9.84 Å². The second kappa shape index (κ2) is 5.90. The van der Waals surface area contributed by atoms with E-state index in [0.717, 1.165) is 0 Å². The van der Waals surface area contributed by atoms with Crippen LogP contribution in [-0.4, -0.2) is 28.8 Å². The van der Waals surface area contributed by atoms with Gasteiger partial charge in [-0.1, -0.05) is 0 Å². The number of halogens is 3. The van der Waals surface area contributed by atoms with Crippen LogP contribution in [0.2, 0.25) is 0 Å². The number of carbonyl (C=O) groups is 1. The highest BCUT2D eigenvalue weighted by molar-refractivity contribution is 5.92. The van der Waals surface area contributed by atoms with Gasteiger partial charge in [-0.15, -0.1) is 0 Å². The molecule has 0 amide bonds. The minimum Gasteiger partial charge on any atom is -0.493 e. The van der Waals surface area contributed by atoms with E-state index in [-0.39, 0.29) is 30.0 Å². The number of hydrogen-bond donors (Lipinski definition) is 1. The number of pyridine rings is 1. The van der Waals surface area contributed by atoms with Gasteiger partial charge in [0.1, 0.15) is 11.3 Å². The van der Waals surface area contributed by atoms with Gasteiger partial charge >= 0.3 is 12.1 Å². The van der Waals surface area contributed by atoms with Crippen molar-refractivity contribution < 1.29 is 27.8 Å².